The Bertz CT molecular complexity index is 394. The Kier molecular flexibility index (Phi) is 5.79. The molecule has 17 heavy (non-hydrogen) atoms. The minimum Gasteiger partial charge on any atom is -0.395 e. The highest BCUT2D eigenvalue weighted by atomic mass is 127. The van der Waals surface area contributed by atoms with Gasteiger partial charge in [-0.25, -0.2) is 4.39 Å². The third kappa shape index (κ3) is 3.90. The number of hydrogen-bond acceptors (Lipinski definition) is 3. The second kappa shape index (κ2) is 6.87. The van der Waals surface area contributed by atoms with Crippen LogP contribution >= 0.6 is 22.6 Å². The molecular formula is C11H13FINO3. The lowest BCUT2D eigenvalue weighted by Gasteiger charge is -2.21. The fourth-order valence-corrected chi connectivity index (χ4v) is 2.10. The maximum Gasteiger partial charge on any atom is 0.255 e. The molecule has 0 unspecified atom stereocenters. The quantitative estimate of drug-likeness (QED) is 0.772. The van der Waals surface area contributed by atoms with Gasteiger partial charge in [-0.2, -0.15) is 0 Å². The molecule has 0 saturated heterocycles. The lowest BCUT2D eigenvalue weighted by atomic mass is 10.2. The van der Waals surface area contributed by atoms with E-state index in [9.17, 15) is 9.18 Å². The topological polar surface area (TPSA) is 60.8 Å². The zero-order chi connectivity index (χ0) is 12.8. The van der Waals surface area contributed by atoms with Gasteiger partial charge in [0.2, 0.25) is 0 Å². The molecule has 0 fully saturated rings. The summed E-state index contributed by atoms with van der Waals surface area (Å²) in [5.74, 6) is -0.723. The van der Waals surface area contributed by atoms with Gasteiger partial charge in [0.15, 0.2) is 0 Å². The Balaban J connectivity index is 2.92. The van der Waals surface area contributed by atoms with Crippen LogP contribution < -0.4 is 0 Å². The first-order valence-electron chi connectivity index (χ1n) is 5.06. The zero-order valence-corrected chi connectivity index (χ0v) is 11.2. The van der Waals surface area contributed by atoms with E-state index in [4.69, 9.17) is 10.2 Å². The number of rotatable bonds is 5. The van der Waals surface area contributed by atoms with Gasteiger partial charge in [-0.1, -0.05) is 0 Å². The molecule has 1 aromatic rings. The van der Waals surface area contributed by atoms with Crippen LogP contribution in [-0.4, -0.2) is 47.3 Å². The lowest BCUT2D eigenvalue weighted by molar-refractivity contribution is 0.0683. The van der Waals surface area contributed by atoms with Crippen molar-refractivity contribution >= 4 is 28.5 Å². The first kappa shape index (κ1) is 14.3. The molecule has 1 aromatic carbocycles. The molecule has 4 nitrogen and oxygen atoms in total. The number of benzene rings is 1. The summed E-state index contributed by atoms with van der Waals surface area (Å²) in [6.07, 6.45) is 0. The van der Waals surface area contributed by atoms with Gasteiger partial charge in [-0.3, -0.25) is 4.79 Å². The molecule has 0 bridgehead atoms. The summed E-state index contributed by atoms with van der Waals surface area (Å²) in [5.41, 5.74) is 0.369. The number of amides is 1. The zero-order valence-electron chi connectivity index (χ0n) is 9.07. The fraction of sp³-hybridized carbons (Fsp3) is 0.364. The second-order valence-electron chi connectivity index (χ2n) is 3.36. The number of aliphatic hydroxyl groups excluding tert-OH is 2. The van der Waals surface area contributed by atoms with Crippen LogP contribution in [0.25, 0.3) is 0 Å². The number of hydrogen-bond donors (Lipinski definition) is 2. The van der Waals surface area contributed by atoms with E-state index in [2.05, 4.69) is 0 Å². The molecule has 0 heterocycles. The summed E-state index contributed by atoms with van der Waals surface area (Å²) in [7, 11) is 0. The van der Waals surface area contributed by atoms with Crippen LogP contribution in [0.2, 0.25) is 0 Å². The molecule has 0 spiro atoms. The maximum absolute atomic E-state index is 12.9. The third-order valence-electron chi connectivity index (χ3n) is 2.19. The molecule has 0 aliphatic rings. The highest BCUT2D eigenvalue weighted by Crippen LogP contribution is 2.16. The summed E-state index contributed by atoms with van der Waals surface area (Å²) in [6, 6.07) is 3.89. The Morgan fingerprint density at radius 2 is 1.88 bits per heavy atom. The van der Waals surface area contributed by atoms with Crippen LogP contribution in [0, 0.1) is 9.39 Å². The third-order valence-corrected chi connectivity index (χ3v) is 3.08. The molecule has 1 amide bonds. The van der Waals surface area contributed by atoms with Crippen LogP contribution in [0.5, 0.6) is 0 Å². The Morgan fingerprint density at radius 1 is 1.29 bits per heavy atom. The first-order chi connectivity index (χ1) is 8.10. The number of nitrogens with zero attached hydrogens (tertiary/aromatic N) is 1. The van der Waals surface area contributed by atoms with Crippen molar-refractivity contribution in [1.29, 1.82) is 0 Å². The molecule has 0 aliphatic heterocycles. The van der Waals surface area contributed by atoms with Crippen LogP contribution in [0.15, 0.2) is 18.2 Å². The van der Waals surface area contributed by atoms with E-state index in [1.165, 1.54) is 23.1 Å². The van der Waals surface area contributed by atoms with Gasteiger partial charge in [0.05, 0.1) is 18.8 Å². The van der Waals surface area contributed by atoms with E-state index in [-0.39, 0.29) is 32.2 Å². The summed E-state index contributed by atoms with van der Waals surface area (Å²) in [4.78, 5) is 13.4. The standard InChI is InChI=1S/C11H13FINO3/c12-8-1-2-9(10(13)7-8)11(17)14(3-5-15)4-6-16/h1-2,7,15-16H,3-6H2. The molecule has 2 N–H and O–H groups in total. The van der Waals surface area contributed by atoms with Gasteiger partial charge in [0.25, 0.3) is 5.91 Å². The first-order valence-corrected chi connectivity index (χ1v) is 6.14. The Morgan fingerprint density at radius 3 is 2.35 bits per heavy atom. The van der Waals surface area contributed by atoms with Gasteiger partial charge < -0.3 is 15.1 Å². The average Bonchev–Trinajstić information content (AvgIpc) is 2.28. The number of carbonyl (C=O) groups excluding carboxylic acids is 1. The molecule has 0 atom stereocenters. The predicted octanol–water partition coefficient (Wildman–Crippen LogP) is 0.857. The van der Waals surface area contributed by atoms with Gasteiger partial charge >= 0.3 is 0 Å². The smallest absolute Gasteiger partial charge is 0.255 e. The summed E-state index contributed by atoms with van der Waals surface area (Å²) in [5, 5.41) is 17.7. The van der Waals surface area contributed by atoms with E-state index in [1.807, 2.05) is 22.6 Å². The molecule has 0 radical (unpaired) electrons. The van der Waals surface area contributed by atoms with Crippen molar-refractivity contribution in [3.05, 3.63) is 33.1 Å². The van der Waals surface area contributed by atoms with Crippen molar-refractivity contribution in [2.75, 3.05) is 26.3 Å². The average molecular weight is 353 g/mol. The van der Waals surface area contributed by atoms with Crippen molar-refractivity contribution in [3.8, 4) is 0 Å². The van der Waals surface area contributed by atoms with Gasteiger partial charge in [0.1, 0.15) is 5.82 Å². The van der Waals surface area contributed by atoms with E-state index in [0.717, 1.165) is 0 Å². The van der Waals surface area contributed by atoms with E-state index in [1.54, 1.807) is 0 Å². The van der Waals surface area contributed by atoms with Crippen molar-refractivity contribution in [2.24, 2.45) is 0 Å². The van der Waals surface area contributed by atoms with Crippen LogP contribution in [-0.2, 0) is 0 Å². The minimum absolute atomic E-state index is 0.146. The van der Waals surface area contributed by atoms with Crippen molar-refractivity contribution in [2.45, 2.75) is 0 Å². The molecule has 0 aromatic heterocycles. The predicted molar refractivity (Wildman–Crippen MR) is 69.2 cm³/mol. The van der Waals surface area contributed by atoms with Crippen molar-refractivity contribution in [3.63, 3.8) is 0 Å². The SMILES string of the molecule is O=C(c1ccc(F)cc1I)N(CCO)CCO. The van der Waals surface area contributed by atoms with Gasteiger partial charge in [0, 0.05) is 16.7 Å². The van der Waals surface area contributed by atoms with Crippen molar-refractivity contribution < 1.29 is 19.4 Å². The second-order valence-corrected chi connectivity index (χ2v) is 4.53. The van der Waals surface area contributed by atoms with Gasteiger partial charge in [-0.15, -0.1) is 0 Å². The van der Waals surface area contributed by atoms with Crippen LogP contribution in [0.1, 0.15) is 10.4 Å². The van der Waals surface area contributed by atoms with Gasteiger partial charge in [-0.05, 0) is 40.8 Å². The number of carbonyl (C=O) groups is 1. The molecule has 1 rings (SSSR count). The van der Waals surface area contributed by atoms with Crippen LogP contribution in [0.3, 0.4) is 0 Å². The van der Waals surface area contributed by atoms with E-state index >= 15 is 0 Å². The molecule has 0 saturated carbocycles. The minimum atomic E-state index is -0.401. The lowest BCUT2D eigenvalue weighted by Crippen LogP contribution is -2.36. The monoisotopic (exact) mass is 353 g/mol. The number of halogens is 2. The Hall–Kier alpha value is -0.730. The highest BCUT2D eigenvalue weighted by molar-refractivity contribution is 14.1. The molecule has 94 valence electrons. The molecular weight excluding hydrogens is 340 g/mol. The van der Waals surface area contributed by atoms with Crippen molar-refractivity contribution in [1.82, 2.24) is 4.90 Å². The Labute approximate surface area is 112 Å². The summed E-state index contributed by atoms with van der Waals surface area (Å²) in [6.45, 7) is -0.0628. The number of aliphatic hydroxyl groups is 2. The fourth-order valence-electron chi connectivity index (χ4n) is 1.39. The summed E-state index contributed by atoms with van der Waals surface area (Å²) >= 11 is 1.88. The van der Waals surface area contributed by atoms with E-state index in [0.29, 0.717) is 9.13 Å². The summed E-state index contributed by atoms with van der Waals surface area (Å²) < 4.78 is 13.4. The molecule has 6 heteroatoms. The highest BCUT2D eigenvalue weighted by Gasteiger charge is 2.17. The maximum atomic E-state index is 12.9. The molecule has 0 aliphatic carbocycles. The normalized spacial score (nSPS) is 10.4. The largest absolute Gasteiger partial charge is 0.395 e. The van der Waals surface area contributed by atoms with E-state index < -0.39 is 5.82 Å². The van der Waals surface area contributed by atoms with Crippen LogP contribution in [0.4, 0.5) is 4.39 Å².